The first-order chi connectivity index (χ1) is 29.6. The van der Waals surface area contributed by atoms with Crippen molar-refractivity contribution in [2.24, 2.45) is 0 Å². The summed E-state index contributed by atoms with van der Waals surface area (Å²) in [6.45, 7) is 28.4. The van der Waals surface area contributed by atoms with Crippen molar-refractivity contribution in [3.05, 3.63) is 140 Å². The number of para-hydroxylation sites is 3. The molecule has 0 amide bonds. The number of aromatic nitrogens is 9. The van der Waals surface area contributed by atoms with Crippen LogP contribution in [0.3, 0.4) is 0 Å². The van der Waals surface area contributed by atoms with Crippen LogP contribution in [0.5, 0.6) is 0 Å². The molecule has 0 saturated heterocycles. The number of hydrogen-bond acceptors (Lipinski definition) is 11. The number of hydrogen-bond donors (Lipinski definition) is 0. The van der Waals surface area contributed by atoms with E-state index in [1.165, 1.54) is 38.3 Å². The van der Waals surface area contributed by atoms with Gasteiger partial charge in [-0.2, -0.15) is 0 Å². The van der Waals surface area contributed by atoms with E-state index in [9.17, 15) is 0 Å². The predicted molar refractivity (Wildman–Crippen MR) is 232 cm³/mol. The Morgan fingerprint density at radius 3 is 0.828 bits per heavy atom. The average Bonchev–Trinajstić information content (AvgIpc) is 3.98. The summed E-state index contributed by atoms with van der Waals surface area (Å²) in [5.41, 5.74) is 27.0. The Morgan fingerprint density at radius 1 is 0.469 bits per heavy atom. The van der Waals surface area contributed by atoms with E-state index in [1.54, 1.807) is 0 Å². The van der Waals surface area contributed by atoms with Crippen molar-refractivity contribution in [1.82, 2.24) is 49.9 Å². The van der Waals surface area contributed by atoms with Gasteiger partial charge in [0.1, 0.15) is 0 Å². The van der Waals surface area contributed by atoms with Crippen molar-refractivity contribution in [1.29, 1.82) is 0 Å². The van der Waals surface area contributed by atoms with Crippen molar-refractivity contribution < 1.29 is 45.9 Å². The van der Waals surface area contributed by atoms with E-state index in [0.29, 0.717) is 55.1 Å². The fourth-order valence-corrected chi connectivity index (χ4v) is 7.62. The van der Waals surface area contributed by atoms with Gasteiger partial charge in [-0.15, -0.1) is 25.5 Å². The third-order valence-electron chi connectivity index (χ3n) is 10.5. The van der Waals surface area contributed by atoms with Gasteiger partial charge in [0, 0.05) is 19.6 Å². The Balaban J connectivity index is 0.00000112. The van der Waals surface area contributed by atoms with E-state index in [1.807, 2.05) is 14.0 Å². The van der Waals surface area contributed by atoms with Gasteiger partial charge < -0.3 is 11.1 Å². The fourth-order valence-electron chi connectivity index (χ4n) is 7.62. The van der Waals surface area contributed by atoms with Crippen LogP contribution in [-0.2, 0) is 36.7 Å². The predicted octanol–water partition coefficient (Wildman–Crippen LogP) is 6.48. The summed E-state index contributed by atoms with van der Waals surface area (Å²) in [5.74, 6) is 2.07. The smallest absolute Gasteiger partial charge is 0.373 e. The summed E-state index contributed by atoms with van der Waals surface area (Å²) in [7, 11) is -4.94. The van der Waals surface area contributed by atoms with Gasteiger partial charge in [-0.1, -0.05) is 153 Å². The van der Waals surface area contributed by atoms with Crippen LogP contribution in [0.2, 0.25) is 0 Å². The summed E-state index contributed by atoms with van der Waals surface area (Å²) in [6, 6.07) is 19.7. The molecule has 0 spiro atoms. The number of nitrogens with zero attached hydrogens (tertiary/aromatic N) is 13. The molecule has 6 aromatic rings. The van der Waals surface area contributed by atoms with E-state index in [2.05, 4.69) is 161 Å². The van der Waals surface area contributed by atoms with Crippen LogP contribution in [0.4, 0.5) is 0 Å². The fraction of sp³-hybridized carbons (Fsp3) is 0.467. The first kappa shape index (κ1) is 53.3. The molecule has 0 unspecified atom stereocenters. The van der Waals surface area contributed by atoms with Crippen molar-refractivity contribution >= 4 is 0 Å². The Labute approximate surface area is 389 Å². The van der Waals surface area contributed by atoms with Crippen LogP contribution < -0.4 is 18.6 Å². The quantitative estimate of drug-likeness (QED) is 0.0467. The monoisotopic (exact) mass is 944 g/mol. The molecule has 0 aliphatic carbocycles. The second-order valence-corrected chi connectivity index (χ2v) is 18.1. The molecule has 0 bridgehead atoms. The topological polar surface area (TPSA) is 246 Å². The molecule has 19 heteroatoms. The normalized spacial score (nSPS) is 11.6. The number of benzene rings is 3. The molecule has 0 atom stereocenters. The number of rotatable bonds is 15. The maximum Gasteiger partial charge on any atom is 2.00 e. The molecule has 3 aromatic heterocycles. The zero-order chi connectivity index (χ0) is 46.8. The van der Waals surface area contributed by atoms with Gasteiger partial charge in [0.15, 0.2) is 0 Å². The van der Waals surface area contributed by atoms with Crippen LogP contribution in [-0.4, -0.2) is 49.9 Å². The Kier molecular flexibility index (Phi) is 19.8. The van der Waals surface area contributed by atoms with Gasteiger partial charge >= 0.3 is 17.1 Å². The maximum atomic E-state index is 8.49. The first-order valence-electron chi connectivity index (χ1n) is 21.1. The molecule has 347 valence electrons. The van der Waals surface area contributed by atoms with Crippen molar-refractivity contribution in [2.45, 2.75) is 138 Å². The minimum Gasteiger partial charge on any atom is -0.373 e. The SMILES string of the molecule is CC(C)c1cccc(C(C)C)c1-n1cc(CN(Cc2cn(-c3c(C(C)C)cccc3C(C)C)nn2)Cc2cn(-c3c(C(C)C)cccc3C(C)C)nn2)nn1.[Cu+2].[N-]=[N+]=[N-].[O-][Cl+3]([O-])([O-])[O-]. The zero-order valence-electron chi connectivity index (χ0n) is 38.6. The van der Waals surface area contributed by atoms with E-state index in [0.717, 1.165) is 34.1 Å². The molecule has 0 aliphatic rings. The van der Waals surface area contributed by atoms with Crippen LogP contribution in [0, 0.1) is 10.2 Å². The van der Waals surface area contributed by atoms with Crippen molar-refractivity contribution in [3.63, 3.8) is 0 Å². The van der Waals surface area contributed by atoms with Gasteiger partial charge in [0.25, 0.3) is 0 Å². The summed E-state index contributed by atoms with van der Waals surface area (Å²) in [6.07, 6.45) is 6.24. The van der Waals surface area contributed by atoms with E-state index < -0.39 is 10.2 Å². The largest absolute Gasteiger partial charge is 2.00 e. The standard InChI is InChI=1S/C45H60N10.ClHO4.Cu.N3/c1-28(2)37-16-13-17-38(29(3)4)43(37)53-25-34(46-49-53)22-52(23-35-26-54(50-47-35)44-39(30(5)6)18-14-19-40(44)31(7)8)24-36-27-55(51-48-36)45-41(32(9)10)20-15-21-42(45)33(11)12;2-1(3,4)5;;1-3-2/h13-21,25-33H,22-24H2,1-12H3;(H,2,3,4,5);;/q;;+2;-1/p-1. The molecular formula is C45H60ClCuN13O4. The van der Waals surface area contributed by atoms with Crippen molar-refractivity contribution in [2.75, 3.05) is 0 Å². The molecule has 3 aromatic carbocycles. The molecule has 64 heavy (non-hydrogen) atoms. The molecule has 17 nitrogen and oxygen atoms in total. The van der Waals surface area contributed by atoms with E-state index >= 15 is 0 Å². The van der Waals surface area contributed by atoms with Gasteiger partial charge in [0.05, 0.1) is 52.7 Å². The summed E-state index contributed by atoms with van der Waals surface area (Å²) >= 11 is 0. The molecule has 3 heterocycles. The molecule has 0 aliphatic heterocycles. The van der Waals surface area contributed by atoms with Crippen LogP contribution in [0.25, 0.3) is 33.0 Å². The summed E-state index contributed by atoms with van der Waals surface area (Å²) < 4.78 is 39.9. The Morgan fingerprint density at radius 2 is 0.656 bits per heavy atom. The molecule has 6 rings (SSSR count). The average molecular weight is 946 g/mol. The van der Waals surface area contributed by atoms with Gasteiger partial charge in [0.2, 0.25) is 0 Å². The zero-order valence-corrected chi connectivity index (χ0v) is 40.3. The van der Waals surface area contributed by atoms with E-state index in [4.69, 9.17) is 60.6 Å². The number of halogens is 1. The summed E-state index contributed by atoms with van der Waals surface area (Å²) in [5, 5.41) is 28.3. The maximum absolute atomic E-state index is 8.49. The van der Waals surface area contributed by atoms with Gasteiger partial charge in [-0.05, 0) is 68.9 Å². The molecule has 1 radical (unpaired) electrons. The van der Waals surface area contributed by atoms with Crippen LogP contribution >= 0.6 is 0 Å². The third kappa shape index (κ3) is 14.2. The minimum absolute atomic E-state index is 0. The molecule has 0 saturated carbocycles. The van der Waals surface area contributed by atoms with E-state index in [-0.39, 0.29) is 17.1 Å². The second-order valence-electron chi connectivity index (χ2n) is 17.4. The summed E-state index contributed by atoms with van der Waals surface area (Å²) in [4.78, 5) is 3.81. The van der Waals surface area contributed by atoms with Crippen LogP contribution in [0.1, 0.15) is 169 Å². The van der Waals surface area contributed by atoms with Gasteiger partial charge in [-0.3, -0.25) is 9.81 Å². The molecule has 0 fully saturated rings. The molecular weight excluding hydrogens is 886 g/mol. The Bertz CT molecular complexity index is 2100. The molecule has 0 N–H and O–H groups in total. The minimum atomic E-state index is -4.94. The Hall–Kier alpha value is -5.00. The van der Waals surface area contributed by atoms with Gasteiger partial charge in [-0.25, -0.2) is 32.7 Å². The van der Waals surface area contributed by atoms with Crippen LogP contribution in [0.15, 0.2) is 73.2 Å². The van der Waals surface area contributed by atoms with Crippen molar-refractivity contribution in [3.8, 4) is 17.1 Å². The second kappa shape index (κ2) is 23.8. The third-order valence-corrected chi connectivity index (χ3v) is 10.5. The first-order valence-corrected chi connectivity index (χ1v) is 22.3.